The number of nitrogens with zero attached hydrogens (tertiary/aromatic N) is 1. The summed E-state index contributed by atoms with van der Waals surface area (Å²) in [7, 11) is 0. The number of oxazole rings is 1. The Morgan fingerprint density at radius 2 is 1.88 bits per heavy atom. The Kier molecular flexibility index (Phi) is 5.88. The number of hydrogen-bond acceptors (Lipinski definition) is 3. The van der Waals surface area contributed by atoms with E-state index in [1.165, 1.54) is 12.3 Å². The van der Waals surface area contributed by atoms with Crippen molar-refractivity contribution >= 4 is 18.3 Å². The summed E-state index contributed by atoms with van der Waals surface area (Å²) in [5, 5.41) is 2.61. The number of carbonyl (C=O) groups is 1. The molecule has 1 atom stereocenters. The molecule has 0 radical (unpaired) electrons. The third-order valence-corrected chi connectivity index (χ3v) is 3.53. The van der Waals surface area contributed by atoms with Crippen LogP contribution in [0.25, 0.3) is 11.5 Å². The molecule has 7 heteroatoms. The van der Waals surface area contributed by atoms with Crippen LogP contribution in [0, 0.1) is 11.6 Å². The van der Waals surface area contributed by atoms with Crippen molar-refractivity contribution in [2.45, 2.75) is 13.0 Å². The van der Waals surface area contributed by atoms with Crippen molar-refractivity contribution in [3.63, 3.8) is 0 Å². The average Bonchev–Trinajstić information content (AvgIpc) is 3.05. The van der Waals surface area contributed by atoms with Gasteiger partial charge in [0.25, 0.3) is 5.91 Å². The molecule has 1 unspecified atom stereocenters. The van der Waals surface area contributed by atoms with E-state index in [4.69, 9.17) is 4.42 Å². The van der Waals surface area contributed by atoms with Crippen LogP contribution in [0.15, 0.2) is 59.2 Å². The monoisotopic (exact) mass is 364 g/mol. The van der Waals surface area contributed by atoms with Crippen LogP contribution >= 0.6 is 12.4 Å². The van der Waals surface area contributed by atoms with Crippen molar-refractivity contribution in [3.8, 4) is 11.5 Å². The van der Waals surface area contributed by atoms with Gasteiger partial charge in [0.2, 0.25) is 5.89 Å². The molecule has 1 amide bonds. The molecule has 0 spiro atoms. The maximum absolute atomic E-state index is 13.8. The van der Waals surface area contributed by atoms with Crippen LogP contribution in [-0.4, -0.2) is 10.9 Å². The molecule has 3 aromatic rings. The number of halogens is 3. The Hall–Kier alpha value is -2.73. The maximum Gasteiger partial charge on any atom is 0.273 e. The van der Waals surface area contributed by atoms with Gasteiger partial charge in [-0.15, -0.1) is 12.4 Å². The number of hydrogen-bond donors (Lipinski definition) is 1. The Bertz CT molecular complexity index is 869. The molecule has 2 aromatic carbocycles. The van der Waals surface area contributed by atoms with Crippen LogP contribution in [0.5, 0.6) is 0 Å². The topological polar surface area (TPSA) is 55.1 Å². The fourth-order valence-corrected chi connectivity index (χ4v) is 2.29. The first-order valence-electron chi connectivity index (χ1n) is 7.31. The van der Waals surface area contributed by atoms with E-state index in [9.17, 15) is 13.6 Å². The van der Waals surface area contributed by atoms with Gasteiger partial charge in [-0.25, -0.2) is 13.8 Å². The van der Waals surface area contributed by atoms with E-state index in [1.807, 2.05) is 30.3 Å². The summed E-state index contributed by atoms with van der Waals surface area (Å²) in [5.41, 5.74) is 1.02. The SMILES string of the molecule is CC(NC(=O)c1coc(-c2ccccc2)n1)c1ccc(F)cc1F.Cl. The lowest BCUT2D eigenvalue weighted by molar-refractivity contribution is 0.0934. The first-order valence-corrected chi connectivity index (χ1v) is 7.31. The minimum absolute atomic E-state index is 0. The van der Waals surface area contributed by atoms with Gasteiger partial charge in [0, 0.05) is 17.2 Å². The lowest BCUT2D eigenvalue weighted by Crippen LogP contribution is -2.27. The first-order chi connectivity index (χ1) is 11.5. The Labute approximate surface area is 149 Å². The highest BCUT2D eigenvalue weighted by Gasteiger charge is 2.18. The second-order valence-electron chi connectivity index (χ2n) is 5.26. The van der Waals surface area contributed by atoms with Gasteiger partial charge in [0.05, 0.1) is 6.04 Å². The van der Waals surface area contributed by atoms with E-state index in [0.717, 1.165) is 17.7 Å². The summed E-state index contributed by atoms with van der Waals surface area (Å²) in [5.74, 6) is -1.56. The van der Waals surface area contributed by atoms with E-state index >= 15 is 0 Å². The zero-order chi connectivity index (χ0) is 17.1. The molecular formula is C18H15ClF2N2O2. The quantitative estimate of drug-likeness (QED) is 0.739. The summed E-state index contributed by atoms with van der Waals surface area (Å²) < 4.78 is 32.0. The lowest BCUT2D eigenvalue weighted by atomic mass is 10.1. The standard InChI is InChI=1S/C18H14F2N2O2.ClH/c1-11(14-8-7-13(19)9-15(14)20)21-17(23)16-10-24-18(22-16)12-5-3-2-4-6-12;/h2-11H,1H3,(H,21,23);1H. The molecule has 0 aliphatic heterocycles. The van der Waals surface area contributed by atoms with Crippen LogP contribution in [0.2, 0.25) is 0 Å². The number of nitrogens with one attached hydrogen (secondary N) is 1. The molecular weight excluding hydrogens is 350 g/mol. The van der Waals surface area contributed by atoms with Crippen LogP contribution in [0.3, 0.4) is 0 Å². The molecule has 1 N–H and O–H groups in total. The molecule has 130 valence electrons. The average molecular weight is 365 g/mol. The fourth-order valence-electron chi connectivity index (χ4n) is 2.29. The summed E-state index contributed by atoms with van der Waals surface area (Å²) >= 11 is 0. The number of amides is 1. The minimum Gasteiger partial charge on any atom is -0.444 e. The highest BCUT2D eigenvalue weighted by atomic mass is 35.5. The van der Waals surface area contributed by atoms with Gasteiger partial charge in [-0.1, -0.05) is 24.3 Å². The molecule has 1 aromatic heterocycles. The van der Waals surface area contributed by atoms with E-state index in [0.29, 0.717) is 5.89 Å². The highest BCUT2D eigenvalue weighted by molar-refractivity contribution is 5.92. The number of carbonyl (C=O) groups excluding carboxylic acids is 1. The van der Waals surface area contributed by atoms with Crippen LogP contribution in [0.4, 0.5) is 8.78 Å². The van der Waals surface area contributed by atoms with Gasteiger partial charge in [-0.3, -0.25) is 4.79 Å². The number of rotatable bonds is 4. The highest BCUT2D eigenvalue weighted by Crippen LogP contribution is 2.20. The van der Waals surface area contributed by atoms with Crippen LogP contribution in [-0.2, 0) is 0 Å². The summed E-state index contributed by atoms with van der Waals surface area (Å²) in [6.07, 6.45) is 1.24. The third kappa shape index (κ3) is 4.22. The molecule has 0 saturated heterocycles. The van der Waals surface area contributed by atoms with Crippen molar-refractivity contribution in [2.75, 3.05) is 0 Å². The lowest BCUT2D eigenvalue weighted by Gasteiger charge is -2.14. The molecule has 0 saturated carbocycles. The summed E-state index contributed by atoms with van der Waals surface area (Å²) in [6, 6.07) is 11.7. The summed E-state index contributed by atoms with van der Waals surface area (Å²) in [6.45, 7) is 1.60. The Morgan fingerprint density at radius 3 is 2.56 bits per heavy atom. The molecule has 4 nitrogen and oxygen atoms in total. The normalized spacial score (nSPS) is 11.5. The van der Waals surface area contributed by atoms with Gasteiger partial charge in [-0.05, 0) is 25.1 Å². The molecule has 25 heavy (non-hydrogen) atoms. The van der Waals surface area contributed by atoms with E-state index < -0.39 is 23.6 Å². The van der Waals surface area contributed by atoms with E-state index in [1.54, 1.807) is 6.92 Å². The third-order valence-electron chi connectivity index (χ3n) is 3.53. The minimum atomic E-state index is -0.715. The fraction of sp³-hybridized carbons (Fsp3) is 0.111. The molecule has 0 fully saturated rings. The van der Waals surface area contributed by atoms with Gasteiger partial charge < -0.3 is 9.73 Å². The zero-order valence-electron chi connectivity index (χ0n) is 13.2. The van der Waals surface area contributed by atoms with E-state index in [2.05, 4.69) is 10.3 Å². The van der Waals surface area contributed by atoms with Gasteiger partial charge in [0.15, 0.2) is 5.69 Å². The van der Waals surface area contributed by atoms with Crippen LogP contribution < -0.4 is 5.32 Å². The zero-order valence-corrected chi connectivity index (χ0v) is 14.0. The number of aromatic nitrogens is 1. The van der Waals surface area contributed by atoms with Crippen LogP contribution in [0.1, 0.15) is 29.0 Å². The Balaban J connectivity index is 0.00000225. The first kappa shape index (κ1) is 18.6. The molecule has 0 aliphatic carbocycles. The maximum atomic E-state index is 13.8. The summed E-state index contributed by atoms with van der Waals surface area (Å²) in [4.78, 5) is 16.4. The van der Waals surface area contributed by atoms with Gasteiger partial charge in [0.1, 0.15) is 17.9 Å². The molecule has 1 heterocycles. The van der Waals surface area contributed by atoms with Crippen molar-refractivity contribution in [1.29, 1.82) is 0 Å². The van der Waals surface area contributed by atoms with Crippen molar-refractivity contribution in [1.82, 2.24) is 10.3 Å². The Morgan fingerprint density at radius 1 is 1.16 bits per heavy atom. The van der Waals surface area contributed by atoms with Gasteiger partial charge >= 0.3 is 0 Å². The molecule has 0 aliphatic rings. The van der Waals surface area contributed by atoms with Gasteiger partial charge in [-0.2, -0.15) is 0 Å². The predicted molar refractivity (Wildman–Crippen MR) is 91.4 cm³/mol. The molecule has 0 bridgehead atoms. The smallest absolute Gasteiger partial charge is 0.273 e. The van der Waals surface area contributed by atoms with Crippen molar-refractivity contribution < 1.29 is 18.0 Å². The molecule has 3 rings (SSSR count). The predicted octanol–water partition coefficient (Wildman–Crippen LogP) is 4.53. The van der Waals surface area contributed by atoms with Crippen molar-refractivity contribution in [2.24, 2.45) is 0 Å². The second kappa shape index (κ2) is 7.90. The van der Waals surface area contributed by atoms with E-state index in [-0.39, 0.29) is 23.7 Å². The van der Waals surface area contributed by atoms with Crippen molar-refractivity contribution in [3.05, 3.63) is 77.7 Å². The largest absolute Gasteiger partial charge is 0.444 e. The second-order valence-corrected chi connectivity index (χ2v) is 5.26. The number of benzene rings is 2.